The van der Waals surface area contributed by atoms with Gasteiger partial charge in [0.05, 0.1) is 40.9 Å². The minimum atomic E-state index is -4.74. The zero-order chi connectivity index (χ0) is 35.9. The standard InChI is InChI=1S/C35H29Cl2F3N4O6/c1-3-43-30(46)21-10-9-20-22(27(21)32(43)48)14-23-31(47)44(42-29-24(37)13-18(15-41-29)35(38,39)40)33(49)34(23,17-5-7-19(36)8-6-17)28(20)16-4-11-26(50-2)25(45)12-16/h4-9,11-13,15,21-23,27-28,45H,3,10,14H2,1-2H3,(H,41,42)/t21-,22+,23-,27-,28-,34+/m0/s1. The van der Waals surface area contributed by atoms with Gasteiger partial charge in [-0.1, -0.05) is 53.1 Å². The Morgan fingerprint density at radius 2 is 1.74 bits per heavy atom. The molecule has 15 heteroatoms. The number of aromatic nitrogens is 1. The number of hydrogen-bond acceptors (Lipinski definition) is 8. The van der Waals surface area contributed by atoms with Gasteiger partial charge in [-0.05, 0) is 67.1 Å². The summed E-state index contributed by atoms with van der Waals surface area (Å²) in [4.78, 5) is 61.9. The maximum absolute atomic E-state index is 15.1. The van der Waals surface area contributed by atoms with Gasteiger partial charge < -0.3 is 9.84 Å². The molecule has 1 aromatic heterocycles. The summed E-state index contributed by atoms with van der Waals surface area (Å²) >= 11 is 12.5. The summed E-state index contributed by atoms with van der Waals surface area (Å²) in [7, 11) is 1.38. The number of anilines is 1. The fraction of sp³-hybridized carbons (Fsp3) is 0.343. The van der Waals surface area contributed by atoms with Crippen LogP contribution in [-0.2, 0) is 30.8 Å². The van der Waals surface area contributed by atoms with E-state index in [2.05, 4.69) is 10.4 Å². The molecule has 0 unspecified atom stereocenters. The minimum absolute atomic E-state index is 0.0121. The average Bonchev–Trinajstić information content (AvgIpc) is 3.45. The van der Waals surface area contributed by atoms with E-state index in [1.54, 1.807) is 37.3 Å². The van der Waals surface area contributed by atoms with Crippen LogP contribution in [0.4, 0.5) is 19.0 Å². The Labute approximate surface area is 293 Å². The van der Waals surface area contributed by atoms with Crippen LogP contribution in [0.25, 0.3) is 0 Å². The molecule has 260 valence electrons. The molecule has 3 fully saturated rings. The predicted octanol–water partition coefficient (Wildman–Crippen LogP) is 6.13. The summed E-state index contributed by atoms with van der Waals surface area (Å²) in [5.41, 5.74) is 1.21. The maximum atomic E-state index is 15.1. The van der Waals surface area contributed by atoms with Crippen LogP contribution in [0.5, 0.6) is 11.5 Å². The highest BCUT2D eigenvalue weighted by Crippen LogP contribution is 2.64. The lowest BCUT2D eigenvalue weighted by atomic mass is 9.49. The number of nitrogens with zero attached hydrogens (tertiary/aromatic N) is 3. The molecule has 6 atom stereocenters. The van der Waals surface area contributed by atoms with Gasteiger partial charge in [0, 0.05) is 23.7 Å². The predicted molar refractivity (Wildman–Crippen MR) is 174 cm³/mol. The first-order valence-electron chi connectivity index (χ1n) is 15.8. The number of allylic oxidation sites excluding steroid dienone is 2. The quantitative estimate of drug-likeness (QED) is 0.229. The Hall–Kier alpha value is -4.62. The number of likely N-dealkylation sites (tertiary alicyclic amines) is 1. The molecule has 7 rings (SSSR count). The summed E-state index contributed by atoms with van der Waals surface area (Å²) < 4.78 is 45.4. The summed E-state index contributed by atoms with van der Waals surface area (Å²) in [5, 5.41) is 11.6. The van der Waals surface area contributed by atoms with E-state index < -0.39 is 63.6 Å². The number of benzene rings is 2. The third kappa shape index (κ3) is 4.88. The number of ether oxygens (including phenoxy) is 1. The third-order valence-electron chi connectivity index (χ3n) is 10.5. The number of halogens is 5. The van der Waals surface area contributed by atoms with Gasteiger partial charge in [-0.3, -0.25) is 29.5 Å². The number of phenols is 1. The van der Waals surface area contributed by atoms with Crippen molar-refractivity contribution in [2.75, 3.05) is 19.1 Å². The highest BCUT2D eigenvalue weighted by atomic mass is 35.5. The van der Waals surface area contributed by atoms with Gasteiger partial charge >= 0.3 is 6.18 Å². The van der Waals surface area contributed by atoms with Crippen molar-refractivity contribution in [1.82, 2.24) is 14.9 Å². The van der Waals surface area contributed by atoms with Crippen molar-refractivity contribution in [1.29, 1.82) is 0 Å². The lowest BCUT2D eigenvalue weighted by Gasteiger charge is -2.50. The lowest BCUT2D eigenvalue weighted by Crippen LogP contribution is -2.53. The molecule has 1 saturated carbocycles. The number of hydrazine groups is 1. The van der Waals surface area contributed by atoms with Crippen LogP contribution >= 0.6 is 23.2 Å². The van der Waals surface area contributed by atoms with E-state index in [1.807, 2.05) is 6.08 Å². The minimum Gasteiger partial charge on any atom is -0.504 e. The topological polar surface area (TPSA) is 129 Å². The molecule has 0 radical (unpaired) electrons. The van der Waals surface area contributed by atoms with E-state index in [0.717, 1.165) is 0 Å². The summed E-state index contributed by atoms with van der Waals surface area (Å²) in [6.45, 7) is 1.89. The number of imide groups is 2. The molecule has 10 nitrogen and oxygen atoms in total. The molecule has 3 heterocycles. The number of hydrogen-bond donors (Lipinski definition) is 2. The number of nitrogens with one attached hydrogen (secondary N) is 1. The summed E-state index contributed by atoms with van der Waals surface area (Å²) in [5.74, 6) is -6.83. The van der Waals surface area contributed by atoms with Gasteiger partial charge in [-0.2, -0.15) is 18.2 Å². The molecule has 0 bridgehead atoms. The fourth-order valence-electron chi connectivity index (χ4n) is 8.42. The van der Waals surface area contributed by atoms with E-state index in [1.165, 1.54) is 24.1 Å². The first kappa shape index (κ1) is 33.9. The molecule has 2 aliphatic heterocycles. The number of pyridine rings is 1. The fourth-order valence-corrected chi connectivity index (χ4v) is 8.76. The normalized spacial score (nSPS) is 27.6. The number of carbonyl (C=O) groups excluding carboxylic acids is 4. The van der Waals surface area contributed by atoms with E-state index >= 15 is 4.79 Å². The number of alkyl halides is 3. The summed E-state index contributed by atoms with van der Waals surface area (Å²) in [6, 6.07) is 11.7. The van der Waals surface area contributed by atoms with E-state index in [4.69, 9.17) is 27.9 Å². The monoisotopic (exact) mass is 728 g/mol. The molecule has 3 aromatic rings. The number of amides is 4. The van der Waals surface area contributed by atoms with Crippen molar-refractivity contribution in [2.45, 2.75) is 37.3 Å². The zero-order valence-corrected chi connectivity index (χ0v) is 28.0. The molecule has 50 heavy (non-hydrogen) atoms. The second-order valence-electron chi connectivity index (χ2n) is 12.8. The highest BCUT2D eigenvalue weighted by molar-refractivity contribution is 6.33. The first-order chi connectivity index (χ1) is 23.7. The lowest BCUT2D eigenvalue weighted by molar-refractivity contribution is -0.141. The van der Waals surface area contributed by atoms with Crippen LogP contribution in [0.1, 0.15) is 42.4 Å². The molecular formula is C35H29Cl2F3N4O6. The molecule has 2 aromatic carbocycles. The number of methoxy groups -OCH3 is 1. The van der Waals surface area contributed by atoms with Crippen LogP contribution in [0, 0.1) is 23.7 Å². The van der Waals surface area contributed by atoms with Crippen molar-refractivity contribution < 1.29 is 42.2 Å². The van der Waals surface area contributed by atoms with Crippen molar-refractivity contribution >= 4 is 52.6 Å². The van der Waals surface area contributed by atoms with E-state index in [0.29, 0.717) is 39.0 Å². The second-order valence-corrected chi connectivity index (χ2v) is 13.6. The maximum Gasteiger partial charge on any atom is 0.417 e. The smallest absolute Gasteiger partial charge is 0.417 e. The van der Waals surface area contributed by atoms with Crippen molar-refractivity contribution in [3.63, 3.8) is 0 Å². The van der Waals surface area contributed by atoms with Crippen LogP contribution < -0.4 is 10.2 Å². The number of rotatable bonds is 6. The van der Waals surface area contributed by atoms with Gasteiger partial charge in [0.2, 0.25) is 11.8 Å². The Morgan fingerprint density at radius 1 is 1.02 bits per heavy atom. The van der Waals surface area contributed by atoms with Crippen LogP contribution in [0.3, 0.4) is 0 Å². The first-order valence-corrected chi connectivity index (χ1v) is 16.5. The Morgan fingerprint density at radius 3 is 2.36 bits per heavy atom. The third-order valence-corrected chi connectivity index (χ3v) is 11.0. The Kier molecular flexibility index (Phi) is 8.13. The van der Waals surface area contributed by atoms with Crippen molar-refractivity contribution in [2.24, 2.45) is 23.7 Å². The van der Waals surface area contributed by atoms with Gasteiger partial charge in [0.25, 0.3) is 11.8 Å². The Bertz CT molecular complexity index is 1990. The van der Waals surface area contributed by atoms with Crippen LogP contribution in [0.15, 0.2) is 66.4 Å². The molecule has 2 saturated heterocycles. The molecule has 2 N–H and O–H groups in total. The van der Waals surface area contributed by atoms with Crippen LogP contribution in [-0.4, -0.2) is 57.3 Å². The van der Waals surface area contributed by atoms with Crippen molar-refractivity contribution in [3.8, 4) is 11.5 Å². The SMILES string of the molecule is CCN1C(=O)[C@H]2[C@H](CC=C3[C@H]2C[C@H]2C(=O)N(Nc4ncc(C(F)(F)F)cc4Cl)C(=O)[C@@]2(c2ccc(Cl)cc2)[C@H]3c2ccc(OC)c(O)c2)C1=O. The second kappa shape index (κ2) is 12.0. The molecule has 0 spiro atoms. The van der Waals surface area contributed by atoms with Gasteiger partial charge in [0.15, 0.2) is 17.3 Å². The molecule has 2 aliphatic carbocycles. The largest absolute Gasteiger partial charge is 0.504 e. The average molecular weight is 730 g/mol. The van der Waals surface area contributed by atoms with Gasteiger partial charge in [-0.25, -0.2) is 4.98 Å². The number of aromatic hydroxyl groups is 1. The number of phenolic OH excluding ortho intramolecular Hbond substituents is 1. The highest BCUT2D eigenvalue weighted by Gasteiger charge is 2.70. The van der Waals surface area contributed by atoms with E-state index in [-0.39, 0.29) is 48.5 Å². The molecule has 4 amide bonds. The number of fused-ring (bicyclic) bond motifs is 4. The zero-order valence-electron chi connectivity index (χ0n) is 26.5. The number of carbonyl (C=O) groups is 4. The van der Waals surface area contributed by atoms with Gasteiger partial charge in [-0.15, -0.1) is 0 Å². The Balaban J connectivity index is 1.44. The molecular weight excluding hydrogens is 700 g/mol. The van der Waals surface area contributed by atoms with Crippen molar-refractivity contribution in [3.05, 3.63) is 93.1 Å². The summed E-state index contributed by atoms with van der Waals surface area (Å²) in [6.07, 6.45) is -2.15. The van der Waals surface area contributed by atoms with E-state index in [9.17, 15) is 32.7 Å². The van der Waals surface area contributed by atoms with Gasteiger partial charge in [0.1, 0.15) is 0 Å². The van der Waals surface area contributed by atoms with Crippen LogP contribution in [0.2, 0.25) is 10.0 Å². The molecule has 4 aliphatic rings.